The molecule has 48 valence electrons. The Balaban J connectivity index is 3.06. The van der Waals surface area contributed by atoms with Crippen LogP contribution in [0.15, 0.2) is 18.2 Å². The van der Waals surface area contributed by atoms with Crippen LogP contribution in [0.25, 0.3) is 0 Å². The maximum absolute atomic E-state index is 7.02. The predicted octanol–water partition coefficient (Wildman–Crippen LogP) is 3.30. The lowest BCUT2D eigenvalue weighted by Gasteiger charge is -1.93. The lowest BCUT2D eigenvalue weighted by Crippen LogP contribution is -1.70. The third kappa shape index (κ3) is 1.88. The molecule has 0 aliphatic heterocycles. The fraction of sp³-hybridized carbons (Fsp3) is 0.143. The van der Waals surface area contributed by atoms with E-state index < -0.39 is 0 Å². The maximum Gasteiger partial charge on any atom is 0.0423 e. The number of benzene rings is 1. The van der Waals surface area contributed by atoms with E-state index in [9.17, 15) is 0 Å². The molecule has 9 heavy (non-hydrogen) atoms. The number of halogens is 2. The second-order valence-corrected chi connectivity index (χ2v) is 2.65. The van der Waals surface area contributed by atoms with Gasteiger partial charge in [-0.1, -0.05) is 23.2 Å². The minimum atomic E-state index is 0.222. The summed E-state index contributed by atoms with van der Waals surface area (Å²) in [5, 5.41) is 1.18. The van der Waals surface area contributed by atoms with Crippen LogP contribution in [-0.4, -0.2) is 0 Å². The molecule has 1 rings (SSSR count). The fourth-order valence-corrected chi connectivity index (χ4v) is 1.18. The molecule has 0 atom stereocenters. The first-order valence-corrected chi connectivity index (χ1v) is 3.22. The molecule has 0 bridgehead atoms. The molecule has 0 unspecified atom stereocenters. The predicted molar refractivity (Wildman–Crippen MR) is 41.2 cm³/mol. The highest BCUT2D eigenvalue weighted by atomic mass is 35.5. The zero-order valence-electron chi connectivity index (χ0n) is 5.70. The second-order valence-electron chi connectivity index (χ2n) is 1.78. The van der Waals surface area contributed by atoms with Crippen LogP contribution in [0.3, 0.4) is 0 Å². The molecule has 0 N–H and O–H groups in total. The summed E-state index contributed by atoms with van der Waals surface area (Å²) in [6, 6.07) is 5.13. The van der Waals surface area contributed by atoms with E-state index in [0.717, 1.165) is 5.56 Å². The van der Waals surface area contributed by atoms with Crippen LogP contribution in [-0.2, 0) is 0 Å². The minimum Gasteiger partial charge on any atom is -0.0843 e. The summed E-state index contributed by atoms with van der Waals surface area (Å²) in [7, 11) is 0. The van der Waals surface area contributed by atoms with Gasteiger partial charge in [-0.2, -0.15) is 0 Å². The SMILES string of the molecule is [3H]Cc1cc(Cl)cc(Cl)c1. The Hall–Kier alpha value is -0.200. The summed E-state index contributed by atoms with van der Waals surface area (Å²) < 4.78 is 7.02. The van der Waals surface area contributed by atoms with E-state index in [1.807, 2.05) is 0 Å². The lowest BCUT2D eigenvalue weighted by atomic mass is 10.2. The van der Waals surface area contributed by atoms with Gasteiger partial charge in [-0.25, -0.2) is 0 Å². The highest BCUT2D eigenvalue weighted by molar-refractivity contribution is 6.34. The van der Waals surface area contributed by atoms with Crippen molar-refractivity contribution in [3.8, 4) is 0 Å². The average Bonchev–Trinajstić information content (AvgIpc) is 1.85. The zero-order chi connectivity index (χ0) is 7.56. The quantitative estimate of drug-likeness (QED) is 0.550. The van der Waals surface area contributed by atoms with Crippen LogP contribution >= 0.6 is 23.2 Å². The molecule has 2 heteroatoms. The van der Waals surface area contributed by atoms with Crippen molar-refractivity contribution >= 4 is 23.2 Å². The van der Waals surface area contributed by atoms with Gasteiger partial charge in [-0.3, -0.25) is 0 Å². The van der Waals surface area contributed by atoms with Gasteiger partial charge in [0.25, 0.3) is 0 Å². The lowest BCUT2D eigenvalue weighted by molar-refractivity contribution is 1.47. The van der Waals surface area contributed by atoms with Gasteiger partial charge in [0.15, 0.2) is 0 Å². The Morgan fingerprint density at radius 2 is 1.78 bits per heavy atom. The molecule has 0 saturated heterocycles. The van der Waals surface area contributed by atoms with E-state index in [2.05, 4.69) is 0 Å². The van der Waals surface area contributed by atoms with Crippen LogP contribution in [0, 0.1) is 6.90 Å². The molecule has 1 aromatic rings. The zero-order valence-corrected chi connectivity index (χ0v) is 6.21. The van der Waals surface area contributed by atoms with Crippen LogP contribution in [0.5, 0.6) is 0 Å². The molecular weight excluding hydrogens is 155 g/mol. The van der Waals surface area contributed by atoms with E-state index in [0.29, 0.717) is 10.0 Å². The highest BCUT2D eigenvalue weighted by Crippen LogP contribution is 2.17. The number of aryl methyl sites for hydroxylation is 1. The van der Waals surface area contributed by atoms with Gasteiger partial charge >= 0.3 is 0 Å². The smallest absolute Gasteiger partial charge is 0.0423 e. The maximum atomic E-state index is 7.02. The largest absolute Gasteiger partial charge is 0.0843 e. The first kappa shape index (κ1) is 5.57. The Morgan fingerprint density at radius 3 is 2.22 bits per heavy atom. The van der Waals surface area contributed by atoms with E-state index >= 15 is 0 Å². The van der Waals surface area contributed by atoms with Gasteiger partial charge in [-0.05, 0) is 30.7 Å². The van der Waals surface area contributed by atoms with Crippen LogP contribution in [0.2, 0.25) is 10.0 Å². The Bertz CT molecular complexity index is 215. The van der Waals surface area contributed by atoms with Crippen molar-refractivity contribution in [2.24, 2.45) is 0 Å². The fourth-order valence-electron chi connectivity index (χ4n) is 0.611. The summed E-state index contributed by atoms with van der Waals surface area (Å²) in [5.41, 5.74) is 0.845. The van der Waals surface area contributed by atoms with Crippen LogP contribution in [0.1, 0.15) is 6.93 Å². The topological polar surface area (TPSA) is 0 Å². The van der Waals surface area contributed by atoms with Gasteiger partial charge in [0.2, 0.25) is 0 Å². The summed E-state index contributed by atoms with van der Waals surface area (Å²) in [6.45, 7) is 0.222. The summed E-state index contributed by atoms with van der Waals surface area (Å²) >= 11 is 11.3. The summed E-state index contributed by atoms with van der Waals surface area (Å²) in [6.07, 6.45) is 0. The van der Waals surface area contributed by atoms with E-state index in [-0.39, 0.29) is 6.90 Å². The van der Waals surface area contributed by atoms with Gasteiger partial charge in [0, 0.05) is 11.4 Å². The Morgan fingerprint density at radius 1 is 1.22 bits per heavy atom. The van der Waals surface area contributed by atoms with Crippen LogP contribution < -0.4 is 0 Å². The minimum absolute atomic E-state index is 0.222. The average molecular weight is 163 g/mol. The van der Waals surface area contributed by atoms with Gasteiger partial charge < -0.3 is 0 Å². The molecule has 1 aromatic carbocycles. The molecule has 0 aliphatic rings. The summed E-state index contributed by atoms with van der Waals surface area (Å²) in [4.78, 5) is 0. The van der Waals surface area contributed by atoms with Gasteiger partial charge in [0.05, 0.1) is 0 Å². The first-order valence-electron chi connectivity index (χ1n) is 3.17. The van der Waals surface area contributed by atoms with Gasteiger partial charge in [0.1, 0.15) is 0 Å². The van der Waals surface area contributed by atoms with Crippen molar-refractivity contribution < 1.29 is 1.37 Å². The Labute approximate surface area is 65.8 Å². The first-order chi connectivity index (χ1) is 4.72. The molecular formula is C7H6Cl2. The van der Waals surface area contributed by atoms with E-state index in [1.54, 1.807) is 18.2 Å². The molecule has 0 radical (unpaired) electrons. The van der Waals surface area contributed by atoms with E-state index in [1.165, 1.54) is 0 Å². The molecule has 0 nitrogen and oxygen atoms in total. The molecule has 0 saturated carbocycles. The summed E-state index contributed by atoms with van der Waals surface area (Å²) in [5.74, 6) is 0. The number of rotatable bonds is 0. The molecule has 0 heterocycles. The molecule has 0 aromatic heterocycles. The van der Waals surface area contributed by atoms with Crippen LogP contribution in [0.4, 0.5) is 0 Å². The molecule has 0 fully saturated rings. The molecule has 0 aliphatic carbocycles. The standard InChI is InChI=1S/C7H6Cl2/c1-5-2-6(8)4-7(9)3-5/h2-4H,1H3/i1T. The molecule has 0 spiro atoms. The van der Waals surface area contributed by atoms with Gasteiger partial charge in [-0.15, -0.1) is 0 Å². The number of hydrogen-bond acceptors (Lipinski definition) is 0. The van der Waals surface area contributed by atoms with Crippen molar-refractivity contribution in [3.63, 3.8) is 0 Å². The normalized spacial score (nSPS) is 11.1. The molecule has 0 amide bonds. The van der Waals surface area contributed by atoms with Crippen molar-refractivity contribution in [1.29, 1.82) is 0 Å². The third-order valence-electron chi connectivity index (χ3n) is 0.922. The number of hydrogen-bond donors (Lipinski definition) is 0. The Kier molecular flexibility index (Phi) is 1.60. The van der Waals surface area contributed by atoms with Crippen molar-refractivity contribution in [2.45, 2.75) is 6.90 Å². The second kappa shape index (κ2) is 2.59. The van der Waals surface area contributed by atoms with Crippen molar-refractivity contribution in [2.75, 3.05) is 0 Å². The van der Waals surface area contributed by atoms with E-state index in [4.69, 9.17) is 24.6 Å². The third-order valence-corrected chi connectivity index (χ3v) is 1.36. The highest BCUT2D eigenvalue weighted by Gasteiger charge is 1.90. The van der Waals surface area contributed by atoms with Crippen molar-refractivity contribution in [1.82, 2.24) is 0 Å². The monoisotopic (exact) mass is 162 g/mol. The van der Waals surface area contributed by atoms with Crippen molar-refractivity contribution in [3.05, 3.63) is 33.8 Å².